The lowest BCUT2D eigenvalue weighted by Gasteiger charge is -2.36. The molecule has 1 aromatic carbocycles. The molecule has 1 amide bonds. The number of hydrogen-bond acceptors (Lipinski definition) is 3. The third-order valence-electron chi connectivity index (χ3n) is 3.75. The van der Waals surface area contributed by atoms with Crippen LogP contribution in [0.5, 0.6) is 0 Å². The number of nitrogens with zero attached hydrogens (tertiary/aromatic N) is 2. The molecule has 0 spiro atoms. The fourth-order valence-corrected chi connectivity index (χ4v) is 2.99. The Morgan fingerprint density at radius 1 is 1.32 bits per heavy atom. The average Bonchev–Trinajstić information content (AvgIpc) is 2.47. The van der Waals surface area contributed by atoms with Crippen molar-refractivity contribution in [2.45, 2.75) is 24.5 Å². The van der Waals surface area contributed by atoms with E-state index in [2.05, 4.69) is 6.07 Å². The Morgan fingerprint density at radius 2 is 1.89 bits per heavy atom. The number of thioether (sulfide) groups is 1. The van der Waals surface area contributed by atoms with Crippen LogP contribution in [0.15, 0.2) is 24.3 Å². The van der Waals surface area contributed by atoms with Crippen molar-refractivity contribution in [1.82, 2.24) is 4.90 Å². The summed E-state index contributed by atoms with van der Waals surface area (Å²) in [6.07, 6.45) is 3.48. The lowest BCUT2D eigenvalue weighted by Crippen LogP contribution is -2.44. The Labute approximate surface area is 118 Å². The smallest absolute Gasteiger partial charge is 0.253 e. The quantitative estimate of drug-likeness (QED) is 0.833. The summed E-state index contributed by atoms with van der Waals surface area (Å²) in [5, 5.41) is 9.24. The van der Waals surface area contributed by atoms with Crippen molar-refractivity contribution in [3.8, 4) is 6.07 Å². The van der Waals surface area contributed by atoms with Gasteiger partial charge in [0.25, 0.3) is 5.91 Å². The van der Waals surface area contributed by atoms with Gasteiger partial charge in [0.1, 0.15) is 4.75 Å². The number of amides is 1. The standard InChI is InChI=1S/C15H18N2OS/c1-12-3-5-13(6-4-12)14(18)17-9-7-15(11-16,19-2)8-10-17/h3-6H,7-10H2,1-2H3. The molecule has 0 unspecified atom stereocenters. The maximum absolute atomic E-state index is 12.3. The average molecular weight is 274 g/mol. The first-order chi connectivity index (χ1) is 9.10. The van der Waals surface area contributed by atoms with E-state index in [1.165, 1.54) is 0 Å². The van der Waals surface area contributed by atoms with Crippen LogP contribution in [-0.4, -0.2) is 34.9 Å². The van der Waals surface area contributed by atoms with E-state index in [-0.39, 0.29) is 10.7 Å². The van der Waals surface area contributed by atoms with Gasteiger partial charge in [0.2, 0.25) is 0 Å². The first-order valence-electron chi connectivity index (χ1n) is 6.42. The molecular formula is C15H18N2OS. The number of rotatable bonds is 2. The topological polar surface area (TPSA) is 44.1 Å². The van der Waals surface area contributed by atoms with Crippen molar-refractivity contribution in [1.29, 1.82) is 5.26 Å². The molecule has 19 heavy (non-hydrogen) atoms. The van der Waals surface area contributed by atoms with Crippen LogP contribution in [0.3, 0.4) is 0 Å². The molecule has 1 aromatic rings. The lowest BCUT2D eigenvalue weighted by molar-refractivity contribution is 0.0716. The minimum Gasteiger partial charge on any atom is -0.338 e. The number of benzene rings is 1. The fourth-order valence-electron chi connectivity index (χ4n) is 2.31. The maximum atomic E-state index is 12.3. The molecule has 1 aliphatic rings. The van der Waals surface area contributed by atoms with Crippen LogP contribution in [0.4, 0.5) is 0 Å². The number of likely N-dealkylation sites (tertiary alicyclic amines) is 1. The lowest BCUT2D eigenvalue weighted by atomic mass is 9.96. The van der Waals surface area contributed by atoms with E-state index >= 15 is 0 Å². The first-order valence-corrected chi connectivity index (χ1v) is 7.65. The second-order valence-electron chi connectivity index (χ2n) is 4.97. The van der Waals surface area contributed by atoms with Crippen molar-refractivity contribution in [2.75, 3.05) is 19.3 Å². The van der Waals surface area contributed by atoms with Gasteiger partial charge in [0.05, 0.1) is 6.07 Å². The second kappa shape index (κ2) is 5.66. The van der Waals surface area contributed by atoms with E-state index in [1.54, 1.807) is 11.8 Å². The van der Waals surface area contributed by atoms with Crippen LogP contribution < -0.4 is 0 Å². The van der Waals surface area contributed by atoms with Gasteiger partial charge in [-0.15, -0.1) is 11.8 Å². The van der Waals surface area contributed by atoms with Gasteiger partial charge >= 0.3 is 0 Å². The molecule has 0 aromatic heterocycles. The molecule has 100 valence electrons. The van der Waals surface area contributed by atoms with Crippen LogP contribution in [0.2, 0.25) is 0 Å². The predicted octanol–water partition coefficient (Wildman–Crippen LogP) is 2.86. The molecule has 2 rings (SSSR count). The van der Waals surface area contributed by atoms with Gasteiger partial charge in [0, 0.05) is 18.7 Å². The van der Waals surface area contributed by atoms with E-state index in [0.717, 1.165) is 24.0 Å². The van der Waals surface area contributed by atoms with Crippen molar-refractivity contribution < 1.29 is 4.79 Å². The van der Waals surface area contributed by atoms with Crippen molar-refractivity contribution in [3.05, 3.63) is 35.4 Å². The van der Waals surface area contributed by atoms with Gasteiger partial charge in [-0.3, -0.25) is 4.79 Å². The summed E-state index contributed by atoms with van der Waals surface area (Å²) in [4.78, 5) is 14.2. The molecule has 0 radical (unpaired) electrons. The summed E-state index contributed by atoms with van der Waals surface area (Å²) in [6, 6.07) is 10.1. The molecule has 1 heterocycles. The first kappa shape index (κ1) is 14.0. The Kier molecular flexibility index (Phi) is 4.16. The Bertz CT molecular complexity index is 496. The van der Waals surface area contributed by atoms with Crippen LogP contribution in [0, 0.1) is 18.3 Å². The number of carbonyl (C=O) groups is 1. The summed E-state index contributed by atoms with van der Waals surface area (Å²) < 4.78 is -0.302. The zero-order valence-electron chi connectivity index (χ0n) is 11.3. The third kappa shape index (κ3) is 2.93. The number of piperidine rings is 1. The van der Waals surface area contributed by atoms with Crippen LogP contribution in [0.1, 0.15) is 28.8 Å². The molecule has 1 fully saturated rings. The third-order valence-corrected chi connectivity index (χ3v) is 5.03. The van der Waals surface area contributed by atoms with Crippen molar-refractivity contribution >= 4 is 17.7 Å². The van der Waals surface area contributed by atoms with Gasteiger partial charge in [0.15, 0.2) is 0 Å². The van der Waals surface area contributed by atoms with Gasteiger partial charge in [-0.05, 0) is 38.2 Å². The molecule has 0 saturated carbocycles. The number of carbonyl (C=O) groups excluding carboxylic acids is 1. The normalized spacial score (nSPS) is 17.8. The molecule has 3 nitrogen and oxygen atoms in total. The van der Waals surface area contributed by atoms with Crippen molar-refractivity contribution in [2.24, 2.45) is 0 Å². The van der Waals surface area contributed by atoms with E-state index in [0.29, 0.717) is 13.1 Å². The minimum atomic E-state index is -0.302. The molecule has 4 heteroatoms. The zero-order valence-corrected chi connectivity index (χ0v) is 12.2. The number of hydrogen-bond donors (Lipinski definition) is 0. The van der Waals surface area contributed by atoms with Gasteiger partial charge in [-0.2, -0.15) is 5.26 Å². The van der Waals surface area contributed by atoms with E-state index < -0.39 is 0 Å². The molecule has 0 aliphatic carbocycles. The predicted molar refractivity (Wildman–Crippen MR) is 78.2 cm³/mol. The highest BCUT2D eigenvalue weighted by Gasteiger charge is 2.35. The van der Waals surface area contributed by atoms with Crippen LogP contribution in [0.25, 0.3) is 0 Å². The largest absolute Gasteiger partial charge is 0.338 e. The molecule has 1 saturated heterocycles. The monoisotopic (exact) mass is 274 g/mol. The molecule has 0 atom stereocenters. The molecular weight excluding hydrogens is 256 g/mol. The SMILES string of the molecule is CSC1(C#N)CCN(C(=O)c2ccc(C)cc2)CC1. The summed E-state index contributed by atoms with van der Waals surface area (Å²) in [6.45, 7) is 3.34. The van der Waals surface area contributed by atoms with Gasteiger partial charge < -0.3 is 4.90 Å². The fraction of sp³-hybridized carbons (Fsp3) is 0.467. The summed E-state index contributed by atoms with van der Waals surface area (Å²) in [5.74, 6) is 0.0765. The highest BCUT2D eigenvalue weighted by Crippen LogP contribution is 2.34. The molecule has 1 aliphatic heterocycles. The maximum Gasteiger partial charge on any atom is 0.253 e. The van der Waals surface area contributed by atoms with Gasteiger partial charge in [-0.25, -0.2) is 0 Å². The zero-order chi connectivity index (χ0) is 13.9. The Hall–Kier alpha value is -1.47. The highest BCUT2D eigenvalue weighted by molar-refractivity contribution is 8.00. The summed E-state index contributed by atoms with van der Waals surface area (Å²) in [7, 11) is 0. The van der Waals surface area contributed by atoms with E-state index in [9.17, 15) is 10.1 Å². The highest BCUT2D eigenvalue weighted by atomic mass is 32.2. The number of aryl methyl sites for hydroxylation is 1. The van der Waals surface area contributed by atoms with Crippen LogP contribution >= 0.6 is 11.8 Å². The molecule has 0 bridgehead atoms. The van der Waals surface area contributed by atoms with Crippen molar-refractivity contribution in [3.63, 3.8) is 0 Å². The molecule has 0 N–H and O–H groups in total. The minimum absolute atomic E-state index is 0.0765. The second-order valence-corrected chi connectivity index (χ2v) is 6.16. The van der Waals surface area contributed by atoms with Crippen LogP contribution in [-0.2, 0) is 0 Å². The van der Waals surface area contributed by atoms with E-state index in [4.69, 9.17) is 0 Å². The van der Waals surface area contributed by atoms with Gasteiger partial charge in [-0.1, -0.05) is 17.7 Å². The number of nitriles is 1. The Morgan fingerprint density at radius 3 is 2.37 bits per heavy atom. The summed E-state index contributed by atoms with van der Waals surface area (Å²) in [5.41, 5.74) is 1.89. The summed E-state index contributed by atoms with van der Waals surface area (Å²) >= 11 is 1.61. The Balaban J connectivity index is 2.04. The van der Waals surface area contributed by atoms with E-state index in [1.807, 2.05) is 42.3 Å².